The van der Waals surface area contributed by atoms with Crippen molar-refractivity contribution in [2.45, 2.75) is 29.4 Å². The molecule has 4 rings (SSSR count). The normalized spacial score (nSPS) is 22.7. The van der Waals surface area contributed by atoms with E-state index in [2.05, 4.69) is 4.98 Å². The maximum Gasteiger partial charge on any atom is 0.243 e. The molecular formula is C18H19FN2O4S. The van der Waals surface area contributed by atoms with Crippen LogP contribution >= 0.6 is 0 Å². The molecule has 2 aromatic rings. The van der Waals surface area contributed by atoms with E-state index in [-0.39, 0.29) is 24.1 Å². The van der Waals surface area contributed by atoms with Gasteiger partial charge in [-0.3, -0.25) is 0 Å². The summed E-state index contributed by atoms with van der Waals surface area (Å²) >= 11 is 0. The fourth-order valence-electron chi connectivity index (χ4n) is 3.41. The van der Waals surface area contributed by atoms with Gasteiger partial charge in [0.2, 0.25) is 15.9 Å². The highest BCUT2D eigenvalue weighted by atomic mass is 32.2. The minimum atomic E-state index is -3.64. The van der Waals surface area contributed by atoms with Crippen molar-refractivity contribution in [1.29, 1.82) is 0 Å². The van der Waals surface area contributed by atoms with Gasteiger partial charge in [0.05, 0.1) is 17.1 Å². The van der Waals surface area contributed by atoms with Gasteiger partial charge in [-0.25, -0.2) is 17.8 Å². The van der Waals surface area contributed by atoms with E-state index in [9.17, 15) is 12.8 Å². The number of benzene rings is 1. The first-order valence-electron chi connectivity index (χ1n) is 8.44. The molecule has 2 saturated heterocycles. The molecule has 0 saturated carbocycles. The molecule has 1 aromatic carbocycles. The van der Waals surface area contributed by atoms with E-state index >= 15 is 0 Å². The molecule has 0 amide bonds. The van der Waals surface area contributed by atoms with Crippen LogP contribution in [0.25, 0.3) is 0 Å². The van der Waals surface area contributed by atoms with Crippen molar-refractivity contribution in [3.63, 3.8) is 0 Å². The maximum atomic E-state index is 13.0. The second-order valence-corrected chi connectivity index (χ2v) is 8.60. The van der Waals surface area contributed by atoms with Gasteiger partial charge in [0.25, 0.3) is 0 Å². The van der Waals surface area contributed by atoms with Crippen LogP contribution in [0.5, 0.6) is 5.88 Å². The van der Waals surface area contributed by atoms with Crippen molar-refractivity contribution < 1.29 is 22.3 Å². The zero-order valence-electron chi connectivity index (χ0n) is 14.0. The molecule has 0 N–H and O–H groups in total. The van der Waals surface area contributed by atoms with E-state index in [0.29, 0.717) is 18.9 Å². The highest BCUT2D eigenvalue weighted by Crippen LogP contribution is 2.38. The smallest absolute Gasteiger partial charge is 0.243 e. The molecular weight excluding hydrogens is 359 g/mol. The summed E-state index contributed by atoms with van der Waals surface area (Å²) in [5.74, 6) is 0.0961. The lowest BCUT2D eigenvalue weighted by atomic mass is 9.86. The third-order valence-electron chi connectivity index (χ3n) is 4.75. The number of sulfonamides is 1. The van der Waals surface area contributed by atoms with E-state index in [0.717, 1.165) is 18.6 Å². The Morgan fingerprint density at radius 2 is 1.96 bits per heavy atom. The number of rotatable bonds is 4. The van der Waals surface area contributed by atoms with Gasteiger partial charge in [-0.05, 0) is 30.3 Å². The van der Waals surface area contributed by atoms with Crippen LogP contribution in [0.15, 0.2) is 53.6 Å². The molecule has 6 nitrogen and oxygen atoms in total. The Hall–Kier alpha value is -2.03. The van der Waals surface area contributed by atoms with Gasteiger partial charge in [0.15, 0.2) is 0 Å². The summed E-state index contributed by atoms with van der Waals surface area (Å²) in [4.78, 5) is 4.25. The zero-order valence-corrected chi connectivity index (χ0v) is 14.9. The molecule has 3 heterocycles. The number of ether oxygens (including phenoxy) is 2. The van der Waals surface area contributed by atoms with E-state index in [1.54, 1.807) is 12.3 Å². The van der Waals surface area contributed by atoms with Gasteiger partial charge < -0.3 is 9.47 Å². The zero-order chi connectivity index (χ0) is 18.2. The summed E-state index contributed by atoms with van der Waals surface area (Å²) in [5.41, 5.74) is -0.523. The molecule has 138 valence electrons. The van der Waals surface area contributed by atoms with Crippen molar-refractivity contribution in [1.82, 2.24) is 9.29 Å². The van der Waals surface area contributed by atoms with E-state index in [1.165, 1.54) is 16.4 Å². The van der Waals surface area contributed by atoms with Crippen molar-refractivity contribution in [3.05, 3.63) is 54.5 Å². The monoisotopic (exact) mass is 378 g/mol. The summed E-state index contributed by atoms with van der Waals surface area (Å²) in [5, 5.41) is 0. The van der Waals surface area contributed by atoms with Crippen molar-refractivity contribution in [2.24, 2.45) is 0 Å². The third-order valence-corrected chi connectivity index (χ3v) is 6.56. The van der Waals surface area contributed by atoms with Gasteiger partial charge >= 0.3 is 0 Å². The average molecular weight is 378 g/mol. The van der Waals surface area contributed by atoms with Gasteiger partial charge in [-0.15, -0.1) is 0 Å². The number of hydrogen-bond acceptors (Lipinski definition) is 5. The van der Waals surface area contributed by atoms with Gasteiger partial charge in [-0.1, -0.05) is 6.07 Å². The van der Waals surface area contributed by atoms with E-state index in [4.69, 9.17) is 9.47 Å². The lowest BCUT2D eigenvalue weighted by Crippen LogP contribution is -2.67. The second kappa shape index (κ2) is 6.61. The number of halogens is 1. The predicted octanol–water partition coefficient (Wildman–Crippen LogP) is 2.22. The molecule has 2 aliphatic rings. The standard InChI is InChI=1S/C18H19FN2O4S/c19-14-4-6-16(7-5-14)26(22,23)21-12-18(13-21)11-15(8-10-24-18)25-17-3-1-2-9-20-17/h1-7,9,15H,8,10-13H2/t15-/m0/s1. The van der Waals surface area contributed by atoms with Crippen molar-refractivity contribution in [2.75, 3.05) is 19.7 Å². The van der Waals surface area contributed by atoms with Crippen LogP contribution in [0, 0.1) is 5.82 Å². The van der Waals surface area contributed by atoms with Crippen LogP contribution in [-0.2, 0) is 14.8 Å². The maximum absolute atomic E-state index is 13.0. The summed E-state index contributed by atoms with van der Waals surface area (Å²) < 4.78 is 51.4. The number of hydrogen-bond donors (Lipinski definition) is 0. The lowest BCUT2D eigenvalue weighted by Gasteiger charge is -2.51. The van der Waals surface area contributed by atoms with Crippen LogP contribution < -0.4 is 4.74 Å². The van der Waals surface area contributed by atoms with Crippen LogP contribution in [0.2, 0.25) is 0 Å². The first kappa shape index (κ1) is 17.4. The fourth-order valence-corrected chi connectivity index (χ4v) is 5.00. The minimum absolute atomic E-state index is 0.0608. The summed E-state index contributed by atoms with van der Waals surface area (Å²) in [7, 11) is -3.64. The Morgan fingerprint density at radius 1 is 1.19 bits per heavy atom. The van der Waals surface area contributed by atoms with Crippen molar-refractivity contribution >= 4 is 10.0 Å². The van der Waals surface area contributed by atoms with Crippen LogP contribution in [0.1, 0.15) is 12.8 Å². The number of pyridine rings is 1. The molecule has 8 heteroatoms. The third kappa shape index (κ3) is 3.32. The molecule has 2 fully saturated rings. The molecule has 0 unspecified atom stereocenters. The minimum Gasteiger partial charge on any atom is -0.474 e. The Balaban J connectivity index is 1.41. The molecule has 0 aliphatic carbocycles. The number of nitrogens with zero attached hydrogens (tertiary/aromatic N) is 2. The molecule has 0 bridgehead atoms. The molecule has 0 radical (unpaired) electrons. The Bertz CT molecular complexity index is 868. The first-order valence-corrected chi connectivity index (χ1v) is 9.88. The Kier molecular flexibility index (Phi) is 4.42. The topological polar surface area (TPSA) is 68.7 Å². The van der Waals surface area contributed by atoms with Gasteiger partial charge in [0.1, 0.15) is 11.9 Å². The molecule has 1 spiro atoms. The average Bonchev–Trinajstić information content (AvgIpc) is 2.61. The van der Waals surface area contributed by atoms with Crippen molar-refractivity contribution in [3.8, 4) is 5.88 Å². The highest BCUT2D eigenvalue weighted by molar-refractivity contribution is 7.89. The Morgan fingerprint density at radius 3 is 2.65 bits per heavy atom. The Labute approximate surface area is 151 Å². The number of aromatic nitrogens is 1. The lowest BCUT2D eigenvalue weighted by molar-refractivity contribution is -0.165. The van der Waals surface area contributed by atoms with Crippen LogP contribution in [0.4, 0.5) is 4.39 Å². The van der Waals surface area contributed by atoms with E-state index < -0.39 is 21.4 Å². The van der Waals surface area contributed by atoms with Gasteiger partial charge in [0, 0.05) is 38.2 Å². The van der Waals surface area contributed by atoms with Crippen LogP contribution in [0.3, 0.4) is 0 Å². The van der Waals surface area contributed by atoms with E-state index in [1.807, 2.05) is 12.1 Å². The molecule has 1 aromatic heterocycles. The summed E-state index contributed by atoms with van der Waals surface area (Å²) in [6, 6.07) is 10.3. The van der Waals surface area contributed by atoms with Crippen LogP contribution in [-0.4, -0.2) is 49.1 Å². The fraction of sp³-hybridized carbons (Fsp3) is 0.389. The SMILES string of the molecule is O=S(=O)(c1ccc(F)cc1)N1CC2(C[C@@H](Oc3ccccn3)CCO2)C1. The molecule has 26 heavy (non-hydrogen) atoms. The second-order valence-electron chi connectivity index (χ2n) is 6.66. The molecule has 2 aliphatic heterocycles. The predicted molar refractivity (Wildman–Crippen MR) is 91.7 cm³/mol. The summed E-state index contributed by atoms with van der Waals surface area (Å²) in [6.45, 7) is 1.06. The quantitative estimate of drug-likeness (QED) is 0.816. The largest absolute Gasteiger partial charge is 0.474 e. The van der Waals surface area contributed by atoms with Gasteiger partial charge in [-0.2, -0.15) is 4.31 Å². The summed E-state index contributed by atoms with van der Waals surface area (Å²) in [6.07, 6.45) is 2.96. The highest BCUT2D eigenvalue weighted by Gasteiger charge is 2.52. The molecule has 1 atom stereocenters. The first-order chi connectivity index (χ1) is 12.5.